The van der Waals surface area contributed by atoms with Crippen molar-refractivity contribution in [2.24, 2.45) is 0 Å². The van der Waals surface area contributed by atoms with E-state index in [4.69, 9.17) is 14.9 Å². The largest absolute Gasteiger partial charge is 0.481 e. The maximum Gasteiger partial charge on any atom is 0.323 e. The van der Waals surface area contributed by atoms with Crippen molar-refractivity contribution in [3.05, 3.63) is 0 Å². The molecule has 0 rings (SSSR count). The van der Waals surface area contributed by atoms with Crippen molar-refractivity contribution < 1.29 is 24.5 Å². The maximum atomic E-state index is 11.7. The first-order valence-corrected chi connectivity index (χ1v) is 5.50. The summed E-state index contributed by atoms with van der Waals surface area (Å²) < 4.78 is 5.13. The molecule has 0 saturated carbocycles. The molecule has 100 valence electrons. The van der Waals surface area contributed by atoms with Crippen LogP contribution in [0.1, 0.15) is 40.5 Å². The number of rotatable bonds is 6. The minimum atomic E-state index is -0.994. The second-order valence-electron chi connectivity index (χ2n) is 4.86. The third kappa shape index (κ3) is 8.65. The molecule has 6 heteroatoms. The van der Waals surface area contributed by atoms with Crippen LogP contribution in [0.5, 0.6) is 0 Å². The van der Waals surface area contributed by atoms with E-state index in [1.54, 1.807) is 20.8 Å². The molecule has 0 fully saturated rings. The van der Waals surface area contributed by atoms with Crippen LogP contribution in [-0.2, 0) is 14.3 Å². The maximum absolute atomic E-state index is 11.7. The van der Waals surface area contributed by atoms with Crippen molar-refractivity contribution in [1.82, 2.24) is 5.32 Å². The standard InChI is InChI=1S/C11H21NO5/c1-7(13)12-8(5-6-9(14)15)10(16)17-11(2,3)4/h7-8,12-13H,5-6H2,1-4H3,(H,14,15)/t7?,8-/m0/s1. The van der Waals surface area contributed by atoms with Gasteiger partial charge in [-0.25, -0.2) is 0 Å². The second-order valence-corrected chi connectivity index (χ2v) is 4.86. The SMILES string of the molecule is CC(O)N[C@@H](CCC(=O)O)C(=O)OC(C)(C)C. The summed E-state index contributed by atoms with van der Waals surface area (Å²) in [5, 5.41) is 20.3. The Hall–Kier alpha value is -1.14. The number of aliphatic carboxylic acids is 1. The van der Waals surface area contributed by atoms with Crippen LogP contribution in [0, 0.1) is 0 Å². The van der Waals surface area contributed by atoms with Crippen LogP contribution in [0.4, 0.5) is 0 Å². The fourth-order valence-electron chi connectivity index (χ4n) is 1.20. The molecule has 0 saturated heterocycles. The van der Waals surface area contributed by atoms with Gasteiger partial charge in [-0.2, -0.15) is 0 Å². The minimum absolute atomic E-state index is 0.0785. The van der Waals surface area contributed by atoms with Gasteiger partial charge in [0.15, 0.2) is 0 Å². The van der Waals surface area contributed by atoms with E-state index >= 15 is 0 Å². The van der Waals surface area contributed by atoms with E-state index in [1.165, 1.54) is 6.92 Å². The Morgan fingerprint density at radius 1 is 1.35 bits per heavy atom. The highest BCUT2D eigenvalue weighted by molar-refractivity contribution is 5.77. The predicted molar refractivity (Wildman–Crippen MR) is 61.3 cm³/mol. The molecule has 3 N–H and O–H groups in total. The van der Waals surface area contributed by atoms with Gasteiger partial charge in [0.05, 0.1) is 0 Å². The van der Waals surface area contributed by atoms with Crippen molar-refractivity contribution in [1.29, 1.82) is 0 Å². The molecule has 0 radical (unpaired) electrons. The molecule has 0 aromatic heterocycles. The normalized spacial score (nSPS) is 15.1. The molecule has 0 aliphatic carbocycles. The highest BCUT2D eigenvalue weighted by atomic mass is 16.6. The van der Waals surface area contributed by atoms with Gasteiger partial charge < -0.3 is 14.9 Å². The summed E-state index contributed by atoms with van der Waals surface area (Å²) in [6.45, 7) is 6.63. The first kappa shape index (κ1) is 15.9. The summed E-state index contributed by atoms with van der Waals surface area (Å²) in [6, 6.07) is -0.815. The number of aliphatic hydroxyl groups is 1. The van der Waals surface area contributed by atoms with E-state index in [-0.39, 0.29) is 12.8 Å². The summed E-state index contributed by atoms with van der Waals surface area (Å²) in [7, 11) is 0. The molecule has 0 amide bonds. The Bertz CT molecular complexity index is 270. The molecule has 0 heterocycles. The number of carbonyl (C=O) groups is 2. The number of esters is 1. The third-order valence-electron chi connectivity index (χ3n) is 1.78. The Morgan fingerprint density at radius 2 is 1.88 bits per heavy atom. The molecule has 17 heavy (non-hydrogen) atoms. The van der Waals surface area contributed by atoms with Crippen molar-refractivity contribution in [3.8, 4) is 0 Å². The number of carboxylic acid groups (broad SMARTS) is 1. The smallest absolute Gasteiger partial charge is 0.323 e. The molecule has 0 aliphatic rings. The molecule has 6 nitrogen and oxygen atoms in total. The van der Waals surface area contributed by atoms with E-state index < -0.39 is 29.8 Å². The minimum Gasteiger partial charge on any atom is -0.481 e. The van der Waals surface area contributed by atoms with Crippen LogP contribution in [0.3, 0.4) is 0 Å². The Labute approximate surface area is 101 Å². The highest BCUT2D eigenvalue weighted by Gasteiger charge is 2.26. The molecular weight excluding hydrogens is 226 g/mol. The Morgan fingerprint density at radius 3 is 2.24 bits per heavy atom. The van der Waals surface area contributed by atoms with Crippen molar-refractivity contribution in [2.75, 3.05) is 0 Å². The number of nitrogens with one attached hydrogen (secondary N) is 1. The summed E-state index contributed by atoms with van der Waals surface area (Å²) >= 11 is 0. The van der Waals surface area contributed by atoms with Crippen molar-refractivity contribution in [3.63, 3.8) is 0 Å². The zero-order chi connectivity index (χ0) is 13.6. The van der Waals surface area contributed by atoms with Crippen LogP contribution in [0.15, 0.2) is 0 Å². The van der Waals surface area contributed by atoms with Crippen molar-refractivity contribution in [2.45, 2.75) is 58.4 Å². The van der Waals surface area contributed by atoms with Gasteiger partial charge in [-0.1, -0.05) is 0 Å². The number of carbonyl (C=O) groups excluding carboxylic acids is 1. The number of hydrogen-bond acceptors (Lipinski definition) is 5. The quantitative estimate of drug-likeness (QED) is 0.467. The Balaban J connectivity index is 4.45. The molecule has 2 atom stereocenters. The fourth-order valence-corrected chi connectivity index (χ4v) is 1.20. The summed E-state index contributed by atoms with van der Waals surface area (Å²) in [5.41, 5.74) is -0.640. The number of aliphatic hydroxyl groups excluding tert-OH is 1. The predicted octanol–water partition coefficient (Wildman–Crippen LogP) is 0.489. The van der Waals surface area contributed by atoms with Gasteiger partial charge in [0.25, 0.3) is 0 Å². The van der Waals surface area contributed by atoms with Crippen LogP contribution < -0.4 is 5.32 Å². The average Bonchev–Trinajstić information content (AvgIpc) is 2.08. The van der Waals surface area contributed by atoms with Gasteiger partial charge in [0, 0.05) is 6.42 Å². The number of carboxylic acids is 1. The van der Waals surface area contributed by atoms with Gasteiger partial charge >= 0.3 is 11.9 Å². The van der Waals surface area contributed by atoms with Crippen LogP contribution in [-0.4, -0.2) is 40.0 Å². The van der Waals surface area contributed by atoms with E-state index in [0.29, 0.717) is 0 Å². The topological polar surface area (TPSA) is 95.9 Å². The van der Waals surface area contributed by atoms with E-state index in [2.05, 4.69) is 5.32 Å². The van der Waals surface area contributed by atoms with Gasteiger partial charge in [-0.05, 0) is 34.1 Å². The lowest BCUT2D eigenvalue weighted by atomic mass is 10.1. The number of ether oxygens (including phenoxy) is 1. The molecule has 1 unspecified atom stereocenters. The van der Waals surface area contributed by atoms with Crippen LogP contribution >= 0.6 is 0 Å². The third-order valence-corrected chi connectivity index (χ3v) is 1.78. The van der Waals surface area contributed by atoms with Crippen LogP contribution in [0.2, 0.25) is 0 Å². The lowest BCUT2D eigenvalue weighted by Gasteiger charge is -2.25. The fraction of sp³-hybridized carbons (Fsp3) is 0.818. The lowest BCUT2D eigenvalue weighted by molar-refractivity contribution is -0.158. The van der Waals surface area contributed by atoms with Gasteiger partial charge in [-0.15, -0.1) is 0 Å². The first-order chi connectivity index (χ1) is 7.61. The molecule has 0 spiro atoms. The summed E-state index contributed by atoms with van der Waals surface area (Å²) in [6.07, 6.45) is -0.986. The Kier molecular flexibility index (Phi) is 6.12. The highest BCUT2D eigenvalue weighted by Crippen LogP contribution is 2.11. The van der Waals surface area contributed by atoms with E-state index in [0.717, 1.165) is 0 Å². The van der Waals surface area contributed by atoms with Gasteiger partial charge in [-0.3, -0.25) is 14.9 Å². The monoisotopic (exact) mass is 247 g/mol. The van der Waals surface area contributed by atoms with E-state index in [1.807, 2.05) is 0 Å². The first-order valence-electron chi connectivity index (χ1n) is 5.50. The number of hydrogen-bond donors (Lipinski definition) is 3. The average molecular weight is 247 g/mol. The summed E-state index contributed by atoms with van der Waals surface area (Å²) in [4.78, 5) is 22.2. The molecule has 0 aliphatic heterocycles. The van der Waals surface area contributed by atoms with Crippen LogP contribution in [0.25, 0.3) is 0 Å². The zero-order valence-electron chi connectivity index (χ0n) is 10.7. The van der Waals surface area contributed by atoms with Gasteiger partial charge in [0.1, 0.15) is 17.9 Å². The molecular formula is C11H21NO5. The van der Waals surface area contributed by atoms with Crippen molar-refractivity contribution >= 4 is 11.9 Å². The van der Waals surface area contributed by atoms with E-state index in [9.17, 15) is 9.59 Å². The molecule has 0 bridgehead atoms. The zero-order valence-corrected chi connectivity index (χ0v) is 10.7. The summed E-state index contributed by atoms with van der Waals surface area (Å²) in [5.74, 6) is -1.55. The molecule has 0 aromatic rings. The molecule has 0 aromatic carbocycles. The van der Waals surface area contributed by atoms with Gasteiger partial charge in [0.2, 0.25) is 0 Å². The lowest BCUT2D eigenvalue weighted by Crippen LogP contribution is -2.45. The second kappa shape index (κ2) is 6.56.